The highest BCUT2D eigenvalue weighted by atomic mass is 16.5. The van der Waals surface area contributed by atoms with Crippen molar-refractivity contribution in [2.24, 2.45) is 0 Å². The summed E-state index contributed by atoms with van der Waals surface area (Å²) in [6.07, 6.45) is 7.85. The van der Waals surface area contributed by atoms with Crippen molar-refractivity contribution in [2.75, 3.05) is 0 Å². The number of pyridine rings is 1. The van der Waals surface area contributed by atoms with Crippen molar-refractivity contribution in [3.63, 3.8) is 0 Å². The van der Waals surface area contributed by atoms with Crippen molar-refractivity contribution in [2.45, 2.75) is 77.0 Å². The summed E-state index contributed by atoms with van der Waals surface area (Å²) in [6.45, 7) is 9.70. The zero-order valence-electron chi connectivity index (χ0n) is 30.8. The third kappa shape index (κ3) is 4.43. The summed E-state index contributed by atoms with van der Waals surface area (Å²) in [5, 5.41) is 8.56. The maximum absolute atomic E-state index is 6.64. The van der Waals surface area contributed by atoms with Gasteiger partial charge in [-0.2, -0.15) is 5.10 Å². The molecule has 0 unspecified atom stereocenters. The molecule has 0 fully saturated rings. The summed E-state index contributed by atoms with van der Waals surface area (Å²) in [5.41, 5.74) is 16.8. The van der Waals surface area contributed by atoms with Crippen LogP contribution in [0.15, 0.2) is 109 Å². The van der Waals surface area contributed by atoms with E-state index in [0.29, 0.717) is 0 Å². The van der Waals surface area contributed by atoms with Crippen LogP contribution in [0.1, 0.15) is 90.1 Å². The van der Waals surface area contributed by atoms with Crippen LogP contribution in [-0.2, 0) is 42.9 Å². The van der Waals surface area contributed by atoms with E-state index < -0.39 is 0 Å². The van der Waals surface area contributed by atoms with E-state index in [1.54, 1.807) is 0 Å². The fourth-order valence-corrected chi connectivity index (χ4v) is 9.82. The number of aryl methyl sites for hydroxylation is 2. The van der Waals surface area contributed by atoms with E-state index in [4.69, 9.17) is 14.8 Å². The summed E-state index contributed by atoms with van der Waals surface area (Å²) < 4.78 is 11.1. The minimum atomic E-state index is -0.182. The lowest BCUT2D eigenvalue weighted by Gasteiger charge is -2.46. The quantitative estimate of drug-likeness (QED) is 0.149. The number of nitrogens with zero attached hydrogens (tertiary/aromatic N) is 4. The van der Waals surface area contributed by atoms with Crippen molar-refractivity contribution in [1.82, 2.24) is 19.2 Å². The summed E-state index contributed by atoms with van der Waals surface area (Å²) in [6, 6.07) is 37.7. The van der Waals surface area contributed by atoms with Crippen molar-refractivity contribution >= 4 is 27.3 Å². The monoisotopic (exact) mass is 690 g/mol. The van der Waals surface area contributed by atoms with Gasteiger partial charge in [-0.15, -0.1) is 0 Å². The number of rotatable bonds is 0. The topological polar surface area (TPSA) is 44.4 Å². The minimum Gasteiger partial charge on any atom is -0.457 e. The number of fused-ring (bicyclic) bond motifs is 9. The van der Waals surface area contributed by atoms with Crippen LogP contribution in [0.2, 0.25) is 0 Å². The maximum atomic E-state index is 6.64. The Balaban J connectivity index is 1.18. The Bertz CT molecular complexity index is 2830. The maximum Gasteiger partial charge on any atom is 0.145 e. The highest BCUT2D eigenvalue weighted by Crippen LogP contribution is 2.53. The number of benzene rings is 5. The van der Waals surface area contributed by atoms with Gasteiger partial charge in [-0.1, -0.05) is 88.4 Å². The molecule has 0 atom stereocenters. The second-order valence-corrected chi connectivity index (χ2v) is 16.6. The molecule has 0 saturated heterocycles. The average molecular weight is 691 g/mol. The molecule has 11 rings (SSSR count). The summed E-state index contributed by atoms with van der Waals surface area (Å²) in [4.78, 5) is 5.69. The number of imidazole rings is 1. The second-order valence-electron chi connectivity index (χ2n) is 16.6. The number of ether oxygens (including phenoxy) is 1. The predicted octanol–water partition coefficient (Wildman–Crippen LogP) is 10.8. The van der Waals surface area contributed by atoms with Crippen LogP contribution in [0.25, 0.3) is 33.0 Å². The van der Waals surface area contributed by atoms with E-state index >= 15 is 0 Å². The molecule has 5 nitrogen and oxygen atoms in total. The van der Waals surface area contributed by atoms with Crippen molar-refractivity contribution < 1.29 is 4.74 Å². The summed E-state index contributed by atoms with van der Waals surface area (Å²) in [5.74, 6) is 1.58. The molecule has 260 valence electrons. The van der Waals surface area contributed by atoms with Gasteiger partial charge in [-0.25, -0.2) is 9.67 Å². The number of hydrogen-bond donors (Lipinski definition) is 0. The van der Waals surface area contributed by atoms with Gasteiger partial charge in [0.2, 0.25) is 0 Å². The zero-order chi connectivity index (χ0) is 35.6. The van der Waals surface area contributed by atoms with Gasteiger partial charge < -0.3 is 4.74 Å². The molecule has 5 aromatic carbocycles. The van der Waals surface area contributed by atoms with Crippen LogP contribution in [-0.4, -0.2) is 19.2 Å². The van der Waals surface area contributed by atoms with Crippen LogP contribution < -0.4 is 4.74 Å². The molecule has 8 aromatic rings. The molecule has 10 bridgehead atoms. The van der Waals surface area contributed by atoms with E-state index in [1.165, 1.54) is 66.6 Å². The lowest BCUT2D eigenvalue weighted by molar-refractivity contribution is 0.286. The Morgan fingerprint density at radius 1 is 0.623 bits per heavy atom. The summed E-state index contributed by atoms with van der Waals surface area (Å²) >= 11 is 0. The third-order valence-electron chi connectivity index (χ3n) is 13.2. The number of aromatic nitrogens is 4. The van der Waals surface area contributed by atoms with Gasteiger partial charge in [0.15, 0.2) is 0 Å². The zero-order valence-corrected chi connectivity index (χ0v) is 30.8. The molecular formula is C48H42N4O. The Labute approximate surface area is 309 Å². The molecule has 0 N–H and O–H groups in total. The molecule has 0 radical (unpaired) electrons. The highest BCUT2D eigenvalue weighted by molar-refractivity contribution is 6.13. The first-order valence-electron chi connectivity index (χ1n) is 19.2. The molecule has 0 spiro atoms. The van der Waals surface area contributed by atoms with Crippen molar-refractivity contribution in [3.05, 3.63) is 165 Å². The Morgan fingerprint density at radius 3 is 2.21 bits per heavy atom. The molecule has 5 heterocycles. The first-order valence-corrected chi connectivity index (χ1v) is 19.2. The van der Waals surface area contributed by atoms with E-state index in [9.17, 15) is 0 Å². The van der Waals surface area contributed by atoms with Gasteiger partial charge in [-0.3, -0.25) is 4.40 Å². The lowest BCUT2D eigenvalue weighted by Crippen LogP contribution is -2.44. The lowest BCUT2D eigenvalue weighted by atomic mass is 9.60. The smallest absolute Gasteiger partial charge is 0.145 e. The Hall–Kier alpha value is -5.68. The molecule has 53 heavy (non-hydrogen) atoms. The van der Waals surface area contributed by atoms with Gasteiger partial charge in [-0.05, 0) is 113 Å². The highest BCUT2D eigenvalue weighted by Gasteiger charge is 2.48. The van der Waals surface area contributed by atoms with Gasteiger partial charge in [0.05, 0.1) is 28.3 Å². The first kappa shape index (κ1) is 30.9. The van der Waals surface area contributed by atoms with E-state index in [2.05, 4.69) is 129 Å². The van der Waals surface area contributed by atoms with Gasteiger partial charge in [0.25, 0.3) is 0 Å². The molecule has 3 aliphatic rings. The number of para-hydroxylation sites is 1. The molecule has 0 amide bonds. The van der Waals surface area contributed by atoms with Crippen LogP contribution >= 0.6 is 0 Å². The van der Waals surface area contributed by atoms with E-state index in [-0.39, 0.29) is 10.8 Å². The number of hydrogen-bond acceptors (Lipinski definition) is 3. The van der Waals surface area contributed by atoms with Gasteiger partial charge in [0.1, 0.15) is 17.1 Å². The second kappa shape index (κ2) is 10.9. The minimum absolute atomic E-state index is 0.116. The predicted molar refractivity (Wildman–Crippen MR) is 213 cm³/mol. The fourth-order valence-electron chi connectivity index (χ4n) is 9.82. The van der Waals surface area contributed by atoms with E-state index in [1.807, 2.05) is 16.8 Å². The first-order chi connectivity index (χ1) is 25.7. The van der Waals surface area contributed by atoms with Crippen LogP contribution in [0.3, 0.4) is 0 Å². The largest absolute Gasteiger partial charge is 0.457 e. The standard InChI is InChI=1S/C48H42N4O/c1-47(2)42-19-9-18-38-37-21-20-36-27-41(37)46-49-43(45(48(47,3)4)52(46)44(38)42)25-32-14-6-13-31-24-30-12-5-10-29(39(30)28-40(31)32)11-7-15-33-22-23-51(50-33)34-16-8-17-35(26-34)53-36/h5-6,8-10,12-14,16-23,26-27H,7,11,15,24-25,28H2,1-4H3. The van der Waals surface area contributed by atoms with Gasteiger partial charge in [0, 0.05) is 40.3 Å². The average Bonchev–Trinajstić information content (AvgIpc) is 3.79. The Kier molecular flexibility index (Phi) is 6.37. The van der Waals surface area contributed by atoms with Crippen LogP contribution in [0, 0.1) is 0 Å². The van der Waals surface area contributed by atoms with Crippen molar-refractivity contribution in [3.8, 4) is 17.2 Å². The molecule has 1 aliphatic carbocycles. The van der Waals surface area contributed by atoms with Crippen molar-refractivity contribution in [1.29, 1.82) is 0 Å². The van der Waals surface area contributed by atoms with E-state index in [0.717, 1.165) is 72.4 Å². The molecule has 5 heteroatoms. The molecule has 2 aliphatic heterocycles. The molecule has 0 saturated carbocycles. The SMILES string of the molecule is CC1(C)c2cccc3c4ccc5cc4c4nc(c(n4c23)C1(C)C)Cc1cccc2c1Cc1c(cccc1C2)CCCc1ccn(n1)-c1cccc(c1)O5. The fraction of sp³-hybridized carbons (Fsp3) is 0.250. The van der Waals surface area contributed by atoms with Crippen LogP contribution in [0.4, 0.5) is 0 Å². The normalized spacial score (nSPS) is 16.7. The third-order valence-corrected chi connectivity index (χ3v) is 13.2. The van der Waals surface area contributed by atoms with Crippen LogP contribution in [0.5, 0.6) is 11.5 Å². The Morgan fingerprint density at radius 2 is 1.36 bits per heavy atom. The van der Waals surface area contributed by atoms with Gasteiger partial charge >= 0.3 is 0 Å². The summed E-state index contributed by atoms with van der Waals surface area (Å²) in [7, 11) is 0. The molecular weight excluding hydrogens is 649 g/mol. The molecule has 3 aromatic heterocycles.